The van der Waals surface area contributed by atoms with E-state index in [0.29, 0.717) is 35.9 Å². The van der Waals surface area contributed by atoms with E-state index in [0.717, 1.165) is 25.7 Å². The standard InChI is InChI=1S/C34H59N3O7Si/c1-11-42-31(40)34-20-25(34)17-15-13-12-14-16-18-27(35-32(41)43-33(8,9)10)30(39)37-21-26(19-28(37)29(38)36-34)44-45(22(2)3,23(4)5)24(6)7/h15,17,22-28H,11-14,16,18-21H2,1-10H3,(H,35,41)(H,36,38)/b17-15-/t25-,26-,27+,28+,34-/m1/s1. The predicted molar refractivity (Wildman–Crippen MR) is 177 cm³/mol. The van der Waals surface area contributed by atoms with Gasteiger partial charge in [-0.25, -0.2) is 9.59 Å². The zero-order valence-electron chi connectivity index (χ0n) is 29.4. The van der Waals surface area contributed by atoms with Gasteiger partial charge in [0.1, 0.15) is 23.2 Å². The lowest BCUT2D eigenvalue weighted by molar-refractivity contribution is -0.150. The second-order valence-corrected chi connectivity index (χ2v) is 20.5. The molecule has 0 unspecified atom stereocenters. The summed E-state index contributed by atoms with van der Waals surface area (Å²) in [4.78, 5) is 56.2. The van der Waals surface area contributed by atoms with Crippen LogP contribution in [-0.4, -0.2) is 79.6 Å². The zero-order chi connectivity index (χ0) is 33.7. The van der Waals surface area contributed by atoms with Crippen molar-refractivity contribution in [3.63, 3.8) is 0 Å². The molecule has 0 spiro atoms. The summed E-state index contributed by atoms with van der Waals surface area (Å²) in [6.07, 6.45) is 7.60. The number of fused-ring (bicyclic) bond motifs is 2. The molecule has 1 saturated carbocycles. The van der Waals surface area contributed by atoms with Crippen LogP contribution in [-0.2, 0) is 28.3 Å². The minimum Gasteiger partial charge on any atom is -0.464 e. The first-order valence-corrected chi connectivity index (χ1v) is 19.3. The average molecular weight is 650 g/mol. The Hall–Kier alpha value is -2.40. The highest BCUT2D eigenvalue weighted by atomic mass is 28.4. The molecule has 2 N–H and O–H groups in total. The van der Waals surface area contributed by atoms with Crippen LogP contribution in [0.15, 0.2) is 12.2 Å². The molecule has 3 amide bonds. The maximum atomic E-state index is 14.4. The number of carbonyl (C=O) groups excluding carboxylic acids is 4. The van der Waals surface area contributed by atoms with Crippen molar-refractivity contribution in [2.75, 3.05) is 13.2 Å². The molecule has 1 saturated heterocycles. The minimum atomic E-state index is -2.34. The zero-order valence-corrected chi connectivity index (χ0v) is 30.4. The number of carbonyl (C=O) groups is 4. The van der Waals surface area contributed by atoms with Crippen LogP contribution in [0.2, 0.25) is 16.6 Å². The van der Waals surface area contributed by atoms with Crippen LogP contribution >= 0.6 is 0 Å². The molecule has 0 aromatic rings. The van der Waals surface area contributed by atoms with E-state index >= 15 is 0 Å². The summed E-state index contributed by atoms with van der Waals surface area (Å²) in [6.45, 7) is 20.8. The van der Waals surface area contributed by atoms with Gasteiger partial charge in [-0.15, -0.1) is 0 Å². The van der Waals surface area contributed by atoms with Gasteiger partial charge in [0, 0.05) is 18.9 Å². The summed E-state index contributed by atoms with van der Waals surface area (Å²) in [5.74, 6) is -1.33. The van der Waals surface area contributed by atoms with Crippen molar-refractivity contribution in [2.24, 2.45) is 5.92 Å². The molecule has 256 valence electrons. The molecule has 0 aromatic carbocycles. The molecule has 10 nitrogen and oxygen atoms in total. The molecule has 1 aliphatic carbocycles. The summed E-state index contributed by atoms with van der Waals surface area (Å²) in [5, 5.41) is 5.85. The van der Waals surface area contributed by atoms with Gasteiger partial charge in [-0.3, -0.25) is 9.59 Å². The number of alkyl carbamates (subject to hydrolysis) is 1. The Balaban J connectivity index is 2.00. The number of ether oxygens (including phenoxy) is 2. The van der Waals surface area contributed by atoms with Gasteiger partial charge in [0.15, 0.2) is 0 Å². The van der Waals surface area contributed by atoms with Gasteiger partial charge in [0.05, 0.1) is 12.7 Å². The summed E-state index contributed by atoms with van der Waals surface area (Å²) in [6, 6.07) is -1.71. The minimum absolute atomic E-state index is 0.160. The highest BCUT2D eigenvalue weighted by molar-refractivity contribution is 6.77. The van der Waals surface area contributed by atoms with Crippen LogP contribution in [0.5, 0.6) is 0 Å². The van der Waals surface area contributed by atoms with Crippen LogP contribution in [0.1, 0.15) is 114 Å². The lowest BCUT2D eigenvalue weighted by Crippen LogP contribution is -2.56. The van der Waals surface area contributed by atoms with Crippen molar-refractivity contribution in [2.45, 2.75) is 160 Å². The van der Waals surface area contributed by atoms with E-state index in [-0.39, 0.29) is 31.1 Å². The van der Waals surface area contributed by atoms with Gasteiger partial charge in [0.25, 0.3) is 0 Å². The van der Waals surface area contributed by atoms with E-state index in [4.69, 9.17) is 13.9 Å². The number of hydrogen-bond acceptors (Lipinski definition) is 7. The number of nitrogens with zero attached hydrogens (tertiary/aromatic N) is 1. The Morgan fingerprint density at radius 3 is 2.29 bits per heavy atom. The van der Waals surface area contributed by atoms with Gasteiger partial charge >= 0.3 is 12.1 Å². The van der Waals surface area contributed by atoms with Crippen LogP contribution in [0.3, 0.4) is 0 Å². The SMILES string of the molecule is CCOC(=O)[C@@]12C[C@H]1/C=C\CCCCC[C@H](NC(=O)OC(C)(C)C)C(=O)N1C[C@H](O[Si](C(C)C)(C(C)C)C(C)C)C[C@H]1C(=O)N2. The monoisotopic (exact) mass is 649 g/mol. The third kappa shape index (κ3) is 8.70. The van der Waals surface area contributed by atoms with E-state index in [9.17, 15) is 19.2 Å². The first-order valence-electron chi connectivity index (χ1n) is 17.1. The van der Waals surface area contributed by atoms with Crippen LogP contribution in [0.25, 0.3) is 0 Å². The summed E-state index contributed by atoms with van der Waals surface area (Å²) >= 11 is 0. The van der Waals surface area contributed by atoms with E-state index in [1.54, 1.807) is 32.6 Å². The fourth-order valence-electron chi connectivity index (χ4n) is 7.54. The van der Waals surface area contributed by atoms with Crippen molar-refractivity contribution in [1.29, 1.82) is 0 Å². The van der Waals surface area contributed by atoms with Gasteiger partial charge in [0.2, 0.25) is 20.1 Å². The molecule has 0 radical (unpaired) electrons. The van der Waals surface area contributed by atoms with E-state index < -0.39 is 49.5 Å². The molecular weight excluding hydrogens is 590 g/mol. The Morgan fingerprint density at radius 2 is 1.71 bits per heavy atom. The first-order chi connectivity index (χ1) is 21.0. The fraction of sp³-hybridized carbons (Fsp3) is 0.824. The largest absolute Gasteiger partial charge is 0.464 e. The Labute approximate surface area is 271 Å². The summed E-state index contributed by atoms with van der Waals surface area (Å²) in [5.41, 5.74) is -0.888. The summed E-state index contributed by atoms with van der Waals surface area (Å²) < 4.78 is 18.0. The lowest BCUT2D eigenvalue weighted by atomic mass is 10.0. The average Bonchev–Trinajstić information content (AvgIpc) is 3.45. The van der Waals surface area contributed by atoms with Gasteiger partial charge in [-0.1, -0.05) is 66.5 Å². The van der Waals surface area contributed by atoms with E-state index in [1.165, 1.54) is 0 Å². The van der Waals surface area contributed by atoms with E-state index in [2.05, 4.69) is 58.3 Å². The van der Waals surface area contributed by atoms with Crippen molar-refractivity contribution in [1.82, 2.24) is 15.5 Å². The first kappa shape index (κ1) is 37.1. The van der Waals surface area contributed by atoms with Gasteiger partial charge < -0.3 is 29.4 Å². The molecule has 5 atom stereocenters. The smallest absolute Gasteiger partial charge is 0.408 e. The molecule has 3 aliphatic rings. The third-order valence-electron chi connectivity index (χ3n) is 9.65. The van der Waals surface area contributed by atoms with Crippen molar-refractivity contribution < 1.29 is 33.1 Å². The number of nitrogens with one attached hydrogen (secondary N) is 2. The number of rotatable bonds is 8. The third-order valence-corrected chi connectivity index (χ3v) is 15.8. The number of amides is 3. The molecule has 11 heteroatoms. The van der Waals surface area contributed by atoms with Gasteiger partial charge in [-0.2, -0.15) is 0 Å². The molecule has 2 aliphatic heterocycles. The number of hydrogen-bond donors (Lipinski definition) is 2. The Kier molecular flexibility index (Phi) is 12.4. The van der Waals surface area contributed by atoms with Crippen molar-refractivity contribution in [3.05, 3.63) is 12.2 Å². The van der Waals surface area contributed by atoms with Crippen molar-refractivity contribution >= 4 is 32.2 Å². The molecule has 0 aromatic heterocycles. The maximum absolute atomic E-state index is 14.4. The van der Waals surface area contributed by atoms with E-state index in [1.807, 2.05) is 6.08 Å². The summed E-state index contributed by atoms with van der Waals surface area (Å²) in [7, 11) is -2.34. The second kappa shape index (κ2) is 15.0. The molecule has 0 bridgehead atoms. The van der Waals surface area contributed by atoms with Gasteiger partial charge in [-0.05, 0) is 70.0 Å². The number of esters is 1. The predicted octanol–water partition coefficient (Wildman–Crippen LogP) is 6.00. The molecule has 2 fully saturated rings. The molecule has 3 rings (SSSR count). The fourth-order valence-corrected chi connectivity index (χ4v) is 13.1. The Morgan fingerprint density at radius 1 is 1.07 bits per heavy atom. The van der Waals surface area contributed by atoms with Crippen LogP contribution in [0, 0.1) is 5.92 Å². The Bertz CT molecular complexity index is 1080. The lowest BCUT2D eigenvalue weighted by Gasteiger charge is -2.44. The number of allylic oxidation sites excluding steroid dienone is 1. The molecule has 45 heavy (non-hydrogen) atoms. The molecule has 2 heterocycles. The van der Waals surface area contributed by atoms with Crippen LogP contribution < -0.4 is 10.6 Å². The maximum Gasteiger partial charge on any atom is 0.408 e. The quantitative estimate of drug-likeness (QED) is 0.188. The molecular formula is C34H59N3O7Si. The highest BCUT2D eigenvalue weighted by Crippen LogP contribution is 2.47. The topological polar surface area (TPSA) is 123 Å². The second-order valence-electron chi connectivity index (χ2n) is 15.1. The normalized spacial score (nSPS) is 29.0. The van der Waals surface area contributed by atoms with Crippen LogP contribution in [0.4, 0.5) is 4.79 Å². The van der Waals surface area contributed by atoms with Crippen molar-refractivity contribution in [3.8, 4) is 0 Å². The highest BCUT2D eigenvalue weighted by Gasteiger charge is 2.62.